The lowest BCUT2D eigenvalue weighted by molar-refractivity contribution is -0.121. The fourth-order valence-electron chi connectivity index (χ4n) is 2.47. The Balaban J connectivity index is 2.17. The molecule has 1 aliphatic rings. The molecule has 104 valence electrons. The molecular weight excluding hydrogens is 372 g/mol. The molecule has 0 radical (unpaired) electrons. The smallest absolute Gasteiger partial charge is 0.242 e. The molecule has 0 aromatic heterocycles. The second-order valence-corrected chi connectivity index (χ2v) is 7.27. The van der Waals surface area contributed by atoms with Gasteiger partial charge in [0.15, 0.2) is 0 Å². The van der Waals surface area contributed by atoms with E-state index >= 15 is 0 Å². The summed E-state index contributed by atoms with van der Waals surface area (Å²) in [4.78, 5) is 12.5. The predicted molar refractivity (Wildman–Crippen MR) is 85.3 cm³/mol. The molecule has 19 heavy (non-hydrogen) atoms. The number of halogens is 2. The molecule has 0 aliphatic carbocycles. The number of carbonyl (C=O) groups excluding carboxylic acids is 1. The highest BCUT2D eigenvalue weighted by Crippen LogP contribution is 2.34. The van der Waals surface area contributed by atoms with E-state index in [0.717, 1.165) is 34.0 Å². The number of hydrogen-bond donors (Lipinski definition) is 2. The molecule has 1 aromatic carbocycles. The van der Waals surface area contributed by atoms with Crippen molar-refractivity contribution >= 4 is 43.5 Å². The van der Waals surface area contributed by atoms with Gasteiger partial charge in [-0.3, -0.25) is 4.79 Å². The van der Waals surface area contributed by atoms with E-state index in [2.05, 4.69) is 56.3 Å². The van der Waals surface area contributed by atoms with Crippen LogP contribution in [0.1, 0.15) is 26.7 Å². The molecule has 2 rings (SSSR count). The fourth-order valence-corrected chi connectivity index (χ4v) is 3.67. The summed E-state index contributed by atoms with van der Waals surface area (Å²) in [5.74, 6) is 0.0253. The minimum atomic E-state index is -0.153. The van der Waals surface area contributed by atoms with Crippen LogP contribution in [0.5, 0.6) is 0 Å². The van der Waals surface area contributed by atoms with Crippen LogP contribution in [0.25, 0.3) is 0 Å². The van der Waals surface area contributed by atoms with Gasteiger partial charge in [0.25, 0.3) is 0 Å². The van der Waals surface area contributed by atoms with Crippen LogP contribution >= 0.6 is 31.9 Å². The molecule has 1 aliphatic heterocycles. The minimum absolute atomic E-state index is 0.0178. The number of hydrogen-bond acceptors (Lipinski definition) is 2. The zero-order valence-electron chi connectivity index (χ0n) is 11.1. The first-order valence-corrected chi connectivity index (χ1v) is 7.99. The van der Waals surface area contributed by atoms with Gasteiger partial charge in [-0.05, 0) is 68.8 Å². The summed E-state index contributed by atoms with van der Waals surface area (Å²) in [6, 6.07) is 5.60. The predicted octanol–water partition coefficient (Wildman–Crippen LogP) is 3.93. The van der Waals surface area contributed by atoms with Gasteiger partial charge in [0, 0.05) is 8.95 Å². The highest BCUT2D eigenvalue weighted by molar-refractivity contribution is 9.11. The first-order valence-electron chi connectivity index (χ1n) is 6.40. The van der Waals surface area contributed by atoms with Gasteiger partial charge < -0.3 is 10.6 Å². The van der Waals surface area contributed by atoms with Crippen molar-refractivity contribution in [1.82, 2.24) is 5.32 Å². The molecular formula is C14H18Br2N2O. The molecule has 5 heteroatoms. The molecule has 1 aromatic rings. The van der Waals surface area contributed by atoms with Gasteiger partial charge in [0.05, 0.1) is 11.7 Å². The summed E-state index contributed by atoms with van der Waals surface area (Å²) in [5.41, 5.74) is 0.770. The second-order valence-electron chi connectivity index (χ2n) is 5.57. The van der Waals surface area contributed by atoms with Crippen LogP contribution in [0, 0.1) is 5.41 Å². The molecule has 0 saturated carbocycles. The Bertz CT molecular complexity index is 468. The second kappa shape index (κ2) is 5.94. The number of anilines is 1. The van der Waals surface area contributed by atoms with Crippen LogP contribution in [0.2, 0.25) is 0 Å². The van der Waals surface area contributed by atoms with Crippen molar-refractivity contribution < 1.29 is 4.79 Å². The van der Waals surface area contributed by atoms with Gasteiger partial charge in [0.2, 0.25) is 5.91 Å². The van der Waals surface area contributed by atoms with Crippen molar-refractivity contribution in [3.8, 4) is 0 Å². The number of para-hydroxylation sites is 1. The summed E-state index contributed by atoms with van der Waals surface area (Å²) in [7, 11) is 0. The molecule has 3 nitrogen and oxygen atoms in total. The molecule has 1 fully saturated rings. The van der Waals surface area contributed by atoms with Crippen LogP contribution in [0.3, 0.4) is 0 Å². The normalized spacial score (nSPS) is 22.0. The van der Waals surface area contributed by atoms with E-state index in [4.69, 9.17) is 0 Å². The molecule has 1 unspecified atom stereocenters. The van der Waals surface area contributed by atoms with E-state index in [0.29, 0.717) is 0 Å². The zero-order chi connectivity index (χ0) is 14.0. The van der Waals surface area contributed by atoms with Crippen LogP contribution in [0.4, 0.5) is 5.69 Å². The number of amides is 1. The van der Waals surface area contributed by atoms with Crippen molar-refractivity contribution in [2.75, 3.05) is 11.9 Å². The maximum Gasteiger partial charge on any atom is 0.242 e. The zero-order valence-corrected chi connectivity index (χ0v) is 14.3. The van der Waals surface area contributed by atoms with E-state index in [9.17, 15) is 4.79 Å². The Morgan fingerprint density at radius 1 is 1.37 bits per heavy atom. The summed E-state index contributed by atoms with van der Waals surface area (Å²) in [6.07, 6.45) is 2.19. The van der Waals surface area contributed by atoms with Crippen LogP contribution < -0.4 is 10.6 Å². The van der Waals surface area contributed by atoms with Crippen LogP contribution in [-0.4, -0.2) is 18.5 Å². The number of carbonyl (C=O) groups is 1. The molecule has 1 heterocycles. The Hall–Kier alpha value is -0.390. The summed E-state index contributed by atoms with van der Waals surface area (Å²) < 4.78 is 1.76. The highest BCUT2D eigenvalue weighted by atomic mass is 79.9. The average molecular weight is 390 g/mol. The monoisotopic (exact) mass is 388 g/mol. The van der Waals surface area contributed by atoms with E-state index < -0.39 is 0 Å². The quantitative estimate of drug-likeness (QED) is 0.804. The van der Waals surface area contributed by atoms with Crippen LogP contribution in [0.15, 0.2) is 27.1 Å². The van der Waals surface area contributed by atoms with Crippen molar-refractivity contribution in [2.24, 2.45) is 5.41 Å². The SMILES string of the molecule is CC1(C)CCCNC1C(=O)Nc1c(Br)cccc1Br. The fraction of sp³-hybridized carbons (Fsp3) is 0.500. The lowest BCUT2D eigenvalue weighted by Crippen LogP contribution is -2.53. The first kappa shape index (κ1) is 15.0. The maximum atomic E-state index is 12.5. The standard InChI is InChI=1S/C14H18Br2N2O/c1-14(2)7-4-8-17-12(14)13(19)18-11-9(15)5-3-6-10(11)16/h3,5-6,12,17H,4,7-8H2,1-2H3,(H,18,19). The van der Waals surface area contributed by atoms with Crippen molar-refractivity contribution in [1.29, 1.82) is 0 Å². The Labute approximate surface area is 130 Å². The third-order valence-corrected chi connectivity index (χ3v) is 4.92. The number of nitrogens with one attached hydrogen (secondary N) is 2. The van der Waals surface area contributed by atoms with E-state index in [1.165, 1.54) is 0 Å². The summed E-state index contributed by atoms with van der Waals surface area (Å²) in [6.45, 7) is 5.18. The molecule has 2 N–H and O–H groups in total. The van der Waals surface area contributed by atoms with E-state index in [1.54, 1.807) is 0 Å². The Morgan fingerprint density at radius 2 is 2.00 bits per heavy atom. The topological polar surface area (TPSA) is 41.1 Å². The van der Waals surface area contributed by atoms with Gasteiger partial charge in [0.1, 0.15) is 0 Å². The van der Waals surface area contributed by atoms with E-state index in [1.807, 2.05) is 18.2 Å². The van der Waals surface area contributed by atoms with Crippen LogP contribution in [-0.2, 0) is 4.79 Å². The maximum absolute atomic E-state index is 12.5. The van der Waals surface area contributed by atoms with E-state index in [-0.39, 0.29) is 17.4 Å². The lowest BCUT2D eigenvalue weighted by Gasteiger charge is -2.38. The van der Waals surface area contributed by atoms with Crippen molar-refractivity contribution in [2.45, 2.75) is 32.7 Å². The molecule has 1 atom stereocenters. The Morgan fingerprint density at radius 3 is 2.58 bits per heavy atom. The number of benzene rings is 1. The molecule has 1 amide bonds. The number of piperidine rings is 1. The highest BCUT2D eigenvalue weighted by Gasteiger charge is 2.37. The minimum Gasteiger partial charge on any atom is -0.323 e. The summed E-state index contributed by atoms with van der Waals surface area (Å²) in [5, 5.41) is 6.33. The van der Waals surface area contributed by atoms with Gasteiger partial charge >= 0.3 is 0 Å². The number of rotatable bonds is 2. The van der Waals surface area contributed by atoms with Gasteiger partial charge in [-0.2, -0.15) is 0 Å². The third kappa shape index (κ3) is 3.38. The Kier molecular flexibility index (Phi) is 4.69. The molecule has 0 spiro atoms. The van der Waals surface area contributed by atoms with Crippen molar-refractivity contribution in [3.05, 3.63) is 27.1 Å². The first-order chi connectivity index (χ1) is 8.92. The van der Waals surface area contributed by atoms with Gasteiger partial charge in [-0.1, -0.05) is 19.9 Å². The van der Waals surface area contributed by atoms with Crippen molar-refractivity contribution in [3.63, 3.8) is 0 Å². The third-order valence-electron chi connectivity index (χ3n) is 3.60. The van der Waals surface area contributed by atoms with Gasteiger partial charge in [-0.15, -0.1) is 0 Å². The van der Waals surface area contributed by atoms with Gasteiger partial charge in [-0.25, -0.2) is 0 Å². The molecule has 0 bridgehead atoms. The molecule has 1 saturated heterocycles. The average Bonchev–Trinajstić information content (AvgIpc) is 2.33. The summed E-state index contributed by atoms with van der Waals surface area (Å²) >= 11 is 6.93. The lowest BCUT2D eigenvalue weighted by atomic mass is 9.77. The largest absolute Gasteiger partial charge is 0.323 e.